The van der Waals surface area contributed by atoms with Crippen molar-refractivity contribution >= 4 is 22.6 Å². The van der Waals surface area contributed by atoms with Crippen molar-refractivity contribution in [2.75, 3.05) is 10.8 Å². The molecule has 168 valence electrons. The maximum absolute atomic E-state index is 13.5. The number of carboxylic acids is 1. The molecule has 1 unspecified atom stereocenters. The highest BCUT2D eigenvalue weighted by Gasteiger charge is 2.30. The molecule has 1 N–H and O–H groups in total. The summed E-state index contributed by atoms with van der Waals surface area (Å²) in [5.74, 6) is 0.919. The van der Waals surface area contributed by atoms with Crippen LogP contribution in [0.1, 0.15) is 45.7 Å². The monoisotopic (exact) mass is 453 g/mol. The van der Waals surface area contributed by atoms with Crippen LogP contribution < -0.4 is 9.04 Å². The number of hydrogen-bond acceptors (Lipinski definition) is 4. The van der Waals surface area contributed by atoms with E-state index in [0.717, 1.165) is 41.0 Å². The van der Waals surface area contributed by atoms with E-state index in [-0.39, 0.29) is 12.2 Å². The third-order valence-electron chi connectivity index (χ3n) is 5.65. The first-order chi connectivity index (χ1) is 15.3. The van der Waals surface area contributed by atoms with E-state index in [1.807, 2.05) is 43.3 Å². The SMILES string of the molecule is Cc1ccc(S(=O)N(CC2CC2)c2cc(C)c(C)cc2OCc2ccc(C(=O)O)cc2)o1. The molecule has 1 aliphatic carbocycles. The fourth-order valence-corrected chi connectivity index (χ4v) is 4.67. The Morgan fingerprint density at radius 2 is 1.78 bits per heavy atom. The molecule has 32 heavy (non-hydrogen) atoms. The minimum atomic E-state index is -1.49. The molecule has 0 spiro atoms. The van der Waals surface area contributed by atoms with Crippen LogP contribution in [0.3, 0.4) is 0 Å². The molecule has 1 aliphatic rings. The van der Waals surface area contributed by atoms with E-state index in [1.165, 1.54) is 0 Å². The van der Waals surface area contributed by atoms with E-state index < -0.39 is 17.0 Å². The molecule has 1 fully saturated rings. The van der Waals surface area contributed by atoms with E-state index >= 15 is 0 Å². The van der Waals surface area contributed by atoms with Crippen LogP contribution in [0.2, 0.25) is 0 Å². The van der Waals surface area contributed by atoms with Gasteiger partial charge in [-0.3, -0.25) is 4.31 Å². The molecule has 7 heteroatoms. The number of hydrogen-bond donors (Lipinski definition) is 1. The van der Waals surface area contributed by atoms with Crippen LogP contribution in [-0.2, 0) is 17.6 Å². The summed E-state index contributed by atoms with van der Waals surface area (Å²) in [6.45, 7) is 6.83. The van der Waals surface area contributed by atoms with Crippen LogP contribution >= 0.6 is 0 Å². The Labute approximate surface area is 190 Å². The number of nitrogens with zero attached hydrogens (tertiary/aromatic N) is 1. The number of anilines is 1. The topological polar surface area (TPSA) is 80.0 Å². The van der Waals surface area contributed by atoms with Gasteiger partial charge in [-0.2, -0.15) is 0 Å². The minimum absolute atomic E-state index is 0.236. The number of carboxylic acid groups (broad SMARTS) is 1. The van der Waals surface area contributed by atoms with Gasteiger partial charge in [0, 0.05) is 6.54 Å². The number of aryl methyl sites for hydroxylation is 3. The van der Waals surface area contributed by atoms with Crippen molar-refractivity contribution in [2.45, 2.75) is 45.3 Å². The smallest absolute Gasteiger partial charge is 0.335 e. The molecule has 0 aliphatic heterocycles. The number of ether oxygens (including phenoxy) is 1. The number of benzene rings is 2. The van der Waals surface area contributed by atoms with Crippen molar-refractivity contribution in [3.63, 3.8) is 0 Å². The fourth-order valence-electron chi connectivity index (χ4n) is 3.39. The highest BCUT2D eigenvalue weighted by Crippen LogP contribution is 2.39. The summed E-state index contributed by atoms with van der Waals surface area (Å²) in [4.78, 5) is 11.1. The zero-order valence-electron chi connectivity index (χ0n) is 18.5. The summed E-state index contributed by atoms with van der Waals surface area (Å²) in [5.41, 5.74) is 4.04. The predicted octanol–water partition coefficient (Wildman–Crippen LogP) is 5.42. The van der Waals surface area contributed by atoms with Crippen LogP contribution in [0.4, 0.5) is 5.69 Å². The third-order valence-corrected chi connectivity index (χ3v) is 6.96. The minimum Gasteiger partial charge on any atom is -0.487 e. The average molecular weight is 454 g/mol. The Kier molecular flexibility index (Phi) is 6.37. The second kappa shape index (κ2) is 9.20. The molecule has 1 heterocycles. The van der Waals surface area contributed by atoms with E-state index in [2.05, 4.69) is 0 Å². The molecule has 4 rings (SSSR count). The lowest BCUT2D eigenvalue weighted by molar-refractivity contribution is 0.0697. The third kappa shape index (κ3) is 5.05. The number of carbonyl (C=O) groups is 1. The predicted molar refractivity (Wildman–Crippen MR) is 124 cm³/mol. The van der Waals surface area contributed by atoms with Gasteiger partial charge < -0.3 is 14.3 Å². The Hall–Kier alpha value is -3.06. The molecule has 0 saturated heterocycles. The lowest BCUT2D eigenvalue weighted by Crippen LogP contribution is -2.28. The highest BCUT2D eigenvalue weighted by atomic mass is 32.2. The van der Waals surface area contributed by atoms with Crippen molar-refractivity contribution < 1.29 is 23.3 Å². The largest absolute Gasteiger partial charge is 0.487 e. The van der Waals surface area contributed by atoms with Crippen LogP contribution in [0, 0.1) is 26.7 Å². The van der Waals surface area contributed by atoms with Crippen LogP contribution in [-0.4, -0.2) is 21.8 Å². The molecular formula is C25H27NO5S. The number of furan rings is 1. The van der Waals surface area contributed by atoms with Crippen LogP contribution in [0.5, 0.6) is 5.75 Å². The zero-order valence-corrected chi connectivity index (χ0v) is 19.3. The van der Waals surface area contributed by atoms with Crippen molar-refractivity contribution in [1.29, 1.82) is 0 Å². The molecule has 3 aromatic rings. The van der Waals surface area contributed by atoms with Crippen molar-refractivity contribution in [2.24, 2.45) is 5.92 Å². The standard InChI is InChI=1S/C25H27NO5S/c1-16-12-22(26(14-19-5-6-19)32(29)24-11-4-18(3)31-24)23(13-17(16)2)30-15-20-7-9-21(10-8-20)25(27)28/h4,7-13,19H,5-6,14-15H2,1-3H3,(H,27,28). The maximum atomic E-state index is 13.5. The lowest BCUT2D eigenvalue weighted by Gasteiger charge is -2.26. The normalized spacial score (nSPS) is 14.2. The van der Waals surface area contributed by atoms with Gasteiger partial charge in [-0.25, -0.2) is 9.00 Å². The Morgan fingerprint density at radius 3 is 2.38 bits per heavy atom. The summed E-state index contributed by atoms with van der Waals surface area (Å²) in [5, 5.41) is 9.52. The van der Waals surface area contributed by atoms with Gasteiger partial charge in [0.05, 0.1) is 11.3 Å². The lowest BCUT2D eigenvalue weighted by atomic mass is 10.1. The fraction of sp³-hybridized carbons (Fsp3) is 0.320. The molecule has 2 aromatic carbocycles. The molecule has 1 atom stereocenters. The Morgan fingerprint density at radius 1 is 1.09 bits per heavy atom. The van der Waals surface area contributed by atoms with Gasteiger partial charge in [-0.1, -0.05) is 12.1 Å². The summed E-state index contributed by atoms with van der Waals surface area (Å²) in [6, 6.07) is 14.2. The van der Waals surface area contributed by atoms with Gasteiger partial charge >= 0.3 is 5.97 Å². The molecule has 1 aromatic heterocycles. The van der Waals surface area contributed by atoms with Crippen molar-refractivity contribution in [3.8, 4) is 5.75 Å². The summed E-state index contributed by atoms with van der Waals surface area (Å²) >= 11 is 0. The highest BCUT2D eigenvalue weighted by molar-refractivity contribution is 7.86. The first-order valence-electron chi connectivity index (χ1n) is 10.6. The van der Waals surface area contributed by atoms with E-state index in [0.29, 0.717) is 23.3 Å². The van der Waals surface area contributed by atoms with Gasteiger partial charge in [0.2, 0.25) is 5.09 Å². The summed E-state index contributed by atoms with van der Waals surface area (Å²) < 4.78 is 27.2. The van der Waals surface area contributed by atoms with Crippen molar-refractivity contribution in [1.82, 2.24) is 0 Å². The molecular weight excluding hydrogens is 426 g/mol. The molecule has 6 nitrogen and oxygen atoms in total. The zero-order chi connectivity index (χ0) is 22.8. The Bertz CT molecular complexity index is 1150. The van der Waals surface area contributed by atoms with E-state index in [1.54, 1.807) is 30.3 Å². The first kappa shape index (κ1) is 22.1. The second-order valence-electron chi connectivity index (χ2n) is 8.31. The summed E-state index contributed by atoms with van der Waals surface area (Å²) in [7, 11) is -1.49. The van der Waals surface area contributed by atoms with Crippen LogP contribution in [0.25, 0.3) is 0 Å². The van der Waals surface area contributed by atoms with Crippen molar-refractivity contribution in [3.05, 3.63) is 76.5 Å². The number of rotatable bonds is 9. The molecule has 1 saturated carbocycles. The van der Waals surface area contributed by atoms with Gasteiger partial charge in [0.25, 0.3) is 0 Å². The molecule has 0 radical (unpaired) electrons. The number of aromatic carboxylic acids is 1. The quantitative estimate of drug-likeness (QED) is 0.468. The van der Waals surface area contributed by atoms with Gasteiger partial charge in [-0.15, -0.1) is 0 Å². The van der Waals surface area contributed by atoms with E-state index in [4.69, 9.17) is 14.3 Å². The molecule has 0 bridgehead atoms. The summed E-state index contributed by atoms with van der Waals surface area (Å²) in [6.07, 6.45) is 2.25. The second-order valence-corrected chi connectivity index (χ2v) is 9.66. The molecule has 0 amide bonds. The van der Waals surface area contributed by atoms with Gasteiger partial charge in [0.1, 0.15) is 18.1 Å². The Balaban J connectivity index is 1.64. The van der Waals surface area contributed by atoms with Gasteiger partial charge in [0.15, 0.2) is 11.0 Å². The van der Waals surface area contributed by atoms with E-state index in [9.17, 15) is 9.00 Å². The first-order valence-corrected chi connectivity index (χ1v) is 11.7. The maximum Gasteiger partial charge on any atom is 0.335 e. The average Bonchev–Trinajstić information content (AvgIpc) is 3.49. The van der Waals surface area contributed by atoms with Crippen LogP contribution in [0.15, 0.2) is 58.0 Å². The van der Waals surface area contributed by atoms with Gasteiger partial charge in [-0.05, 0) is 92.6 Å².